The summed E-state index contributed by atoms with van der Waals surface area (Å²) in [5.74, 6) is -0.147. The molecular formula is C13H16N2O3S. The summed E-state index contributed by atoms with van der Waals surface area (Å²) in [7, 11) is -3.02. The Morgan fingerprint density at radius 2 is 2.32 bits per heavy atom. The minimum absolute atomic E-state index is 0.00642. The van der Waals surface area contributed by atoms with Crippen molar-refractivity contribution >= 4 is 21.8 Å². The summed E-state index contributed by atoms with van der Waals surface area (Å²) < 4.78 is 22.9. The van der Waals surface area contributed by atoms with Gasteiger partial charge in [0, 0.05) is 18.5 Å². The maximum absolute atomic E-state index is 11.8. The molecule has 0 bridgehead atoms. The topological polar surface area (TPSA) is 76.1 Å². The maximum Gasteiger partial charge on any atom is 0.244 e. The zero-order valence-corrected chi connectivity index (χ0v) is 11.5. The third kappa shape index (κ3) is 3.89. The minimum Gasteiger partial charge on any atom is -0.346 e. The van der Waals surface area contributed by atoms with Gasteiger partial charge < -0.3 is 5.32 Å². The summed E-state index contributed by atoms with van der Waals surface area (Å²) in [6.07, 6.45) is 6.80. The van der Waals surface area contributed by atoms with Crippen LogP contribution in [-0.2, 0) is 14.6 Å². The van der Waals surface area contributed by atoms with Crippen LogP contribution in [0.25, 0.3) is 6.08 Å². The van der Waals surface area contributed by atoms with E-state index in [1.165, 1.54) is 6.08 Å². The van der Waals surface area contributed by atoms with Gasteiger partial charge in [-0.1, -0.05) is 6.07 Å². The summed E-state index contributed by atoms with van der Waals surface area (Å²) in [5, 5.41) is 2.76. The van der Waals surface area contributed by atoms with E-state index in [0.717, 1.165) is 5.56 Å². The number of pyridine rings is 1. The van der Waals surface area contributed by atoms with Crippen LogP contribution in [0.15, 0.2) is 30.6 Å². The first-order valence-electron chi connectivity index (χ1n) is 5.99. The molecule has 0 aromatic carbocycles. The second kappa shape index (κ2) is 5.13. The molecule has 102 valence electrons. The van der Waals surface area contributed by atoms with E-state index in [0.29, 0.717) is 6.42 Å². The smallest absolute Gasteiger partial charge is 0.244 e. The summed E-state index contributed by atoms with van der Waals surface area (Å²) in [4.78, 5) is 15.7. The van der Waals surface area contributed by atoms with Crippen LogP contribution in [-0.4, -0.2) is 36.4 Å². The summed E-state index contributed by atoms with van der Waals surface area (Å²) in [6, 6.07) is 3.61. The van der Waals surface area contributed by atoms with Gasteiger partial charge in [0.2, 0.25) is 5.91 Å². The number of hydrogen-bond acceptors (Lipinski definition) is 4. The highest BCUT2D eigenvalue weighted by Crippen LogP contribution is 2.22. The van der Waals surface area contributed by atoms with Gasteiger partial charge in [-0.05, 0) is 31.1 Å². The molecule has 6 heteroatoms. The lowest BCUT2D eigenvalue weighted by atomic mass is 10.0. The molecule has 1 aliphatic rings. The molecule has 1 fully saturated rings. The molecule has 0 spiro atoms. The molecule has 0 saturated carbocycles. The van der Waals surface area contributed by atoms with Gasteiger partial charge >= 0.3 is 0 Å². The van der Waals surface area contributed by atoms with Crippen molar-refractivity contribution < 1.29 is 13.2 Å². The summed E-state index contributed by atoms with van der Waals surface area (Å²) >= 11 is 0. The molecule has 1 aromatic rings. The fourth-order valence-electron chi connectivity index (χ4n) is 2.09. The third-order valence-corrected chi connectivity index (χ3v) is 4.94. The Morgan fingerprint density at radius 3 is 2.89 bits per heavy atom. The Balaban J connectivity index is 1.97. The van der Waals surface area contributed by atoms with E-state index in [9.17, 15) is 13.2 Å². The molecule has 19 heavy (non-hydrogen) atoms. The number of nitrogens with zero attached hydrogens (tertiary/aromatic N) is 1. The molecule has 1 unspecified atom stereocenters. The van der Waals surface area contributed by atoms with Crippen LogP contribution < -0.4 is 5.32 Å². The molecular weight excluding hydrogens is 264 g/mol. The summed E-state index contributed by atoms with van der Waals surface area (Å²) in [6.45, 7) is 1.76. The average Bonchev–Trinajstić information content (AvgIpc) is 2.62. The molecule has 2 rings (SSSR count). The van der Waals surface area contributed by atoms with Crippen LogP contribution in [0.4, 0.5) is 0 Å². The Kier molecular flexibility index (Phi) is 3.71. The van der Waals surface area contributed by atoms with Gasteiger partial charge in [-0.15, -0.1) is 0 Å². The van der Waals surface area contributed by atoms with E-state index < -0.39 is 15.4 Å². The molecule has 1 amide bonds. The van der Waals surface area contributed by atoms with E-state index in [1.54, 1.807) is 31.5 Å². The van der Waals surface area contributed by atoms with E-state index >= 15 is 0 Å². The van der Waals surface area contributed by atoms with Crippen LogP contribution in [0, 0.1) is 0 Å². The molecule has 1 N–H and O–H groups in total. The van der Waals surface area contributed by atoms with E-state index in [4.69, 9.17) is 0 Å². The fraction of sp³-hybridized carbons (Fsp3) is 0.385. The predicted octanol–water partition coefficient (Wildman–Crippen LogP) is 0.788. The zero-order valence-electron chi connectivity index (χ0n) is 10.7. The zero-order chi connectivity index (χ0) is 13.9. The van der Waals surface area contributed by atoms with Crippen LogP contribution in [0.1, 0.15) is 18.9 Å². The van der Waals surface area contributed by atoms with Crippen molar-refractivity contribution in [3.05, 3.63) is 36.2 Å². The first-order chi connectivity index (χ1) is 8.89. The van der Waals surface area contributed by atoms with E-state index in [-0.39, 0.29) is 17.4 Å². The number of sulfone groups is 1. The predicted molar refractivity (Wildman–Crippen MR) is 73.1 cm³/mol. The molecule has 1 aliphatic heterocycles. The van der Waals surface area contributed by atoms with Gasteiger partial charge in [0.05, 0.1) is 17.0 Å². The van der Waals surface area contributed by atoms with Gasteiger partial charge in [-0.25, -0.2) is 8.42 Å². The molecule has 2 heterocycles. The van der Waals surface area contributed by atoms with E-state index in [1.807, 2.05) is 6.07 Å². The lowest BCUT2D eigenvalue weighted by Gasteiger charge is -2.22. The fourth-order valence-corrected chi connectivity index (χ4v) is 4.19. The van der Waals surface area contributed by atoms with Crippen molar-refractivity contribution in [2.24, 2.45) is 0 Å². The number of amides is 1. The highest BCUT2D eigenvalue weighted by molar-refractivity contribution is 7.91. The number of nitrogens with one attached hydrogen (secondary N) is 1. The van der Waals surface area contributed by atoms with Crippen LogP contribution in [0.5, 0.6) is 0 Å². The van der Waals surface area contributed by atoms with Gasteiger partial charge in [-0.3, -0.25) is 9.78 Å². The standard InChI is InChI=1S/C13H16N2O3S/c1-13(6-8-19(17,18)10-13)15-12(16)5-4-11-3-2-7-14-9-11/h2-5,7,9H,6,8,10H2,1H3,(H,15,16). The third-order valence-electron chi connectivity index (χ3n) is 3.04. The molecule has 1 saturated heterocycles. The molecule has 5 nitrogen and oxygen atoms in total. The molecule has 1 aromatic heterocycles. The molecule has 0 radical (unpaired) electrons. The van der Waals surface area contributed by atoms with Gasteiger partial charge in [-0.2, -0.15) is 0 Å². The monoisotopic (exact) mass is 280 g/mol. The van der Waals surface area contributed by atoms with Crippen molar-refractivity contribution in [2.75, 3.05) is 11.5 Å². The van der Waals surface area contributed by atoms with Gasteiger partial charge in [0.25, 0.3) is 0 Å². The van der Waals surface area contributed by atoms with Gasteiger partial charge in [0.15, 0.2) is 9.84 Å². The Hall–Kier alpha value is -1.69. The largest absolute Gasteiger partial charge is 0.346 e. The second-order valence-electron chi connectivity index (χ2n) is 5.01. The minimum atomic E-state index is -3.02. The van der Waals surface area contributed by atoms with Crippen molar-refractivity contribution in [1.29, 1.82) is 0 Å². The first-order valence-corrected chi connectivity index (χ1v) is 7.81. The van der Waals surface area contributed by atoms with Crippen molar-refractivity contribution in [3.63, 3.8) is 0 Å². The number of aromatic nitrogens is 1. The van der Waals surface area contributed by atoms with E-state index in [2.05, 4.69) is 10.3 Å². The lowest BCUT2D eigenvalue weighted by molar-refractivity contribution is -0.117. The van der Waals surface area contributed by atoms with Crippen molar-refractivity contribution in [3.8, 4) is 0 Å². The van der Waals surface area contributed by atoms with Crippen LogP contribution in [0.3, 0.4) is 0 Å². The number of rotatable bonds is 3. The second-order valence-corrected chi connectivity index (χ2v) is 7.20. The first kappa shape index (κ1) is 13.7. The number of carbonyl (C=O) groups excluding carboxylic acids is 1. The Labute approximate surface area is 112 Å². The van der Waals surface area contributed by atoms with Gasteiger partial charge in [0.1, 0.15) is 0 Å². The SMILES string of the molecule is CC1(NC(=O)C=Cc2cccnc2)CCS(=O)(=O)C1. The van der Waals surface area contributed by atoms with Crippen molar-refractivity contribution in [2.45, 2.75) is 18.9 Å². The maximum atomic E-state index is 11.8. The van der Waals surface area contributed by atoms with Crippen LogP contribution in [0.2, 0.25) is 0 Å². The summed E-state index contributed by atoms with van der Waals surface area (Å²) in [5.41, 5.74) is 0.164. The Bertz CT molecular complexity index is 596. The normalized spacial score (nSPS) is 25.5. The average molecular weight is 280 g/mol. The van der Waals surface area contributed by atoms with Crippen molar-refractivity contribution in [1.82, 2.24) is 10.3 Å². The highest BCUT2D eigenvalue weighted by atomic mass is 32.2. The van der Waals surface area contributed by atoms with Crippen LogP contribution >= 0.6 is 0 Å². The number of hydrogen-bond donors (Lipinski definition) is 1. The lowest BCUT2D eigenvalue weighted by Crippen LogP contribution is -2.46. The number of carbonyl (C=O) groups is 1. The quantitative estimate of drug-likeness (QED) is 0.830. The molecule has 1 atom stereocenters. The highest BCUT2D eigenvalue weighted by Gasteiger charge is 2.38. The Morgan fingerprint density at radius 1 is 1.53 bits per heavy atom. The molecule has 0 aliphatic carbocycles.